The van der Waals surface area contributed by atoms with Gasteiger partial charge in [-0.25, -0.2) is 8.78 Å². The molecule has 3 aromatic heterocycles. The van der Waals surface area contributed by atoms with Gasteiger partial charge in [0.2, 0.25) is 5.91 Å². The molecule has 38 heavy (non-hydrogen) atoms. The van der Waals surface area contributed by atoms with E-state index in [1.165, 1.54) is 6.20 Å². The lowest BCUT2D eigenvalue weighted by Gasteiger charge is -2.34. The van der Waals surface area contributed by atoms with Crippen molar-refractivity contribution in [3.05, 3.63) is 53.7 Å². The fraction of sp³-hybridized carbons (Fsp3) is 0.480. The number of pyridine rings is 1. The Morgan fingerprint density at radius 3 is 2.63 bits per heavy atom. The summed E-state index contributed by atoms with van der Waals surface area (Å²) in [5.41, 5.74) is 1.67. The number of nitrogens with one attached hydrogen (secondary N) is 2. The quantitative estimate of drug-likeness (QED) is 0.389. The van der Waals surface area contributed by atoms with Crippen LogP contribution >= 0.6 is 0 Å². The lowest BCUT2D eigenvalue weighted by molar-refractivity contribution is -0.134. The molecule has 2 fully saturated rings. The van der Waals surface area contributed by atoms with Crippen molar-refractivity contribution in [1.29, 1.82) is 0 Å². The molecule has 200 valence electrons. The van der Waals surface area contributed by atoms with Gasteiger partial charge in [-0.1, -0.05) is 5.21 Å². The van der Waals surface area contributed by atoms with Gasteiger partial charge in [0.15, 0.2) is 11.5 Å². The molecule has 3 aromatic rings. The molecule has 0 aromatic carbocycles. The second-order valence-electron chi connectivity index (χ2n) is 10.0. The molecule has 13 heteroatoms. The van der Waals surface area contributed by atoms with Crippen molar-refractivity contribution in [3.63, 3.8) is 0 Å². The van der Waals surface area contributed by atoms with Crippen LogP contribution in [0, 0.1) is 5.41 Å². The number of rotatable bonds is 11. The summed E-state index contributed by atoms with van der Waals surface area (Å²) in [6.07, 6.45) is 5.74. The molecule has 2 aliphatic rings. The topological polar surface area (TPSA) is 137 Å². The Balaban J connectivity index is 1.08. The zero-order chi connectivity index (χ0) is 26.8. The fourth-order valence-electron chi connectivity index (χ4n) is 4.43. The Labute approximate surface area is 217 Å². The van der Waals surface area contributed by atoms with E-state index in [0.29, 0.717) is 29.5 Å². The molecule has 5 rings (SSSR count). The number of ether oxygens (including phenoxy) is 1. The number of carbonyl (C=O) groups excluding carboxylic acids is 2. The summed E-state index contributed by atoms with van der Waals surface area (Å²) in [5.74, 6) is -2.51. The number of nitrogens with zero attached hydrogens (tertiary/aromatic N) is 6. The Kier molecular flexibility index (Phi) is 7.00. The number of aromatic nitrogens is 6. The van der Waals surface area contributed by atoms with Gasteiger partial charge in [0.05, 0.1) is 24.0 Å². The highest BCUT2D eigenvalue weighted by molar-refractivity contribution is 5.91. The first kappa shape index (κ1) is 25.6. The van der Waals surface area contributed by atoms with Crippen LogP contribution in [0.15, 0.2) is 36.7 Å². The third-order valence-corrected chi connectivity index (χ3v) is 6.84. The molecule has 3 heterocycles. The molecule has 2 N–H and O–H groups in total. The fourth-order valence-corrected chi connectivity index (χ4v) is 4.43. The minimum absolute atomic E-state index is 0.0199. The van der Waals surface area contributed by atoms with E-state index in [9.17, 15) is 18.4 Å². The highest BCUT2D eigenvalue weighted by Gasteiger charge is 2.47. The van der Waals surface area contributed by atoms with Gasteiger partial charge in [0.1, 0.15) is 11.9 Å². The third kappa shape index (κ3) is 6.45. The van der Waals surface area contributed by atoms with Crippen LogP contribution in [0.1, 0.15) is 54.0 Å². The monoisotopic (exact) mass is 526 g/mol. The van der Waals surface area contributed by atoms with Gasteiger partial charge >= 0.3 is 0 Å². The minimum atomic E-state index is -2.66. The van der Waals surface area contributed by atoms with Crippen molar-refractivity contribution in [2.45, 2.75) is 63.5 Å². The maximum absolute atomic E-state index is 13.0. The highest BCUT2D eigenvalue weighted by atomic mass is 19.3. The van der Waals surface area contributed by atoms with Crippen LogP contribution in [0.4, 0.5) is 14.6 Å². The standard InChI is InChI=1S/C25H28F2N8O3/c1-28-23(37)20-14-35(34-32-20)15-24(7-8-24)6-4-16-2-3-21(33-31-16)30-22(36)11-17-10-18(5-9-29-17)38-19-12-25(26,27)13-19/h2-3,5,9-10,14,19H,4,6-8,11-13,15H2,1H3,(H,28,37)(H,30,33,36). The molecule has 2 amide bonds. The van der Waals surface area contributed by atoms with E-state index >= 15 is 0 Å². The van der Waals surface area contributed by atoms with Crippen molar-refractivity contribution in [3.8, 4) is 5.75 Å². The summed E-state index contributed by atoms with van der Waals surface area (Å²) in [7, 11) is 1.55. The van der Waals surface area contributed by atoms with Crippen LogP contribution in [-0.2, 0) is 24.2 Å². The second-order valence-corrected chi connectivity index (χ2v) is 10.0. The minimum Gasteiger partial charge on any atom is -0.490 e. The van der Waals surface area contributed by atoms with Gasteiger partial charge in [-0.05, 0) is 49.3 Å². The molecule has 2 saturated carbocycles. The van der Waals surface area contributed by atoms with E-state index in [4.69, 9.17) is 4.74 Å². The molecule has 11 nitrogen and oxygen atoms in total. The van der Waals surface area contributed by atoms with E-state index in [1.54, 1.807) is 36.1 Å². The molecular weight excluding hydrogens is 498 g/mol. The molecule has 0 unspecified atom stereocenters. The number of aryl methyl sites for hydroxylation is 1. The summed E-state index contributed by atoms with van der Waals surface area (Å²) in [4.78, 5) is 28.3. The Morgan fingerprint density at radius 1 is 1.13 bits per heavy atom. The first-order chi connectivity index (χ1) is 18.2. The molecule has 0 radical (unpaired) electrons. The first-order valence-electron chi connectivity index (χ1n) is 12.5. The number of carbonyl (C=O) groups is 2. The van der Waals surface area contributed by atoms with Gasteiger partial charge in [0.25, 0.3) is 11.8 Å². The molecule has 2 aliphatic carbocycles. The maximum atomic E-state index is 13.0. The highest BCUT2D eigenvalue weighted by Crippen LogP contribution is 2.50. The Morgan fingerprint density at radius 2 is 1.95 bits per heavy atom. The zero-order valence-electron chi connectivity index (χ0n) is 20.9. The van der Waals surface area contributed by atoms with Crippen LogP contribution in [-0.4, -0.2) is 61.1 Å². The maximum Gasteiger partial charge on any atom is 0.273 e. The Bertz CT molecular complexity index is 1300. The van der Waals surface area contributed by atoms with Gasteiger partial charge in [-0.2, -0.15) is 5.10 Å². The van der Waals surface area contributed by atoms with Crippen molar-refractivity contribution in [2.75, 3.05) is 12.4 Å². The van der Waals surface area contributed by atoms with Crippen LogP contribution in [0.3, 0.4) is 0 Å². The second kappa shape index (κ2) is 10.4. The van der Waals surface area contributed by atoms with Gasteiger partial charge in [-0.15, -0.1) is 10.2 Å². The number of hydrogen-bond donors (Lipinski definition) is 2. The van der Waals surface area contributed by atoms with E-state index in [0.717, 1.165) is 31.4 Å². The van der Waals surface area contributed by atoms with Gasteiger partial charge in [0, 0.05) is 38.7 Å². The summed E-state index contributed by atoms with van der Waals surface area (Å²) < 4.78 is 33.3. The van der Waals surface area contributed by atoms with Crippen LogP contribution in [0.2, 0.25) is 0 Å². The largest absolute Gasteiger partial charge is 0.490 e. The number of halogens is 2. The van der Waals surface area contributed by atoms with Gasteiger partial charge < -0.3 is 15.4 Å². The van der Waals surface area contributed by atoms with Crippen molar-refractivity contribution >= 4 is 17.6 Å². The average Bonchev–Trinajstić information content (AvgIpc) is 3.47. The van der Waals surface area contributed by atoms with Gasteiger partial charge in [-0.3, -0.25) is 19.3 Å². The summed E-state index contributed by atoms with van der Waals surface area (Å²) in [6, 6.07) is 6.70. The van der Waals surface area contributed by atoms with Crippen LogP contribution < -0.4 is 15.4 Å². The first-order valence-corrected chi connectivity index (χ1v) is 12.5. The number of amides is 2. The van der Waals surface area contributed by atoms with Crippen LogP contribution in [0.5, 0.6) is 5.75 Å². The van der Waals surface area contributed by atoms with Crippen molar-refractivity contribution in [2.24, 2.45) is 5.41 Å². The molecule has 0 spiro atoms. The molecule has 0 aliphatic heterocycles. The van der Waals surface area contributed by atoms with Crippen molar-refractivity contribution < 1.29 is 23.1 Å². The molecule has 0 saturated heterocycles. The number of anilines is 1. The Hall–Kier alpha value is -4.03. The van der Waals surface area contributed by atoms with E-state index in [-0.39, 0.29) is 36.5 Å². The van der Waals surface area contributed by atoms with Crippen molar-refractivity contribution in [1.82, 2.24) is 35.5 Å². The number of alkyl halides is 2. The summed E-state index contributed by atoms with van der Waals surface area (Å²) in [6.45, 7) is 0.686. The van der Waals surface area contributed by atoms with E-state index in [2.05, 4.69) is 36.1 Å². The lowest BCUT2D eigenvalue weighted by atomic mass is 9.91. The zero-order valence-corrected chi connectivity index (χ0v) is 20.9. The predicted octanol–water partition coefficient (Wildman–Crippen LogP) is 2.59. The lowest BCUT2D eigenvalue weighted by Crippen LogP contribution is -2.43. The van der Waals surface area contributed by atoms with E-state index < -0.39 is 12.0 Å². The van der Waals surface area contributed by atoms with E-state index in [1.807, 2.05) is 6.07 Å². The van der Waals surface area contributed by atoms with Crippen LogP contribution in [0.25, 0.3) is 0 Å². The number of hydrogen-bond acceptors (Lipinski definition) is 8. The molecule has 0 atom stereocenters. The molecule has 0 bridgehead atoms. The third-order valence-electron chi connectivity index (χ3n) is 6.84. The SMILES string of the molecule is CNC(=O)c1cn(CC2(CCc3ccc(NC(=O)Cc4cc(OC5CC(F)(F)C5)ccn4)nn3)CC2)nn1. The smallest absolute Gasteiger partial charge is 0.273 e. The summed E-state index contributed by atoms with van der Waals surface area (Å²) >= 11 is 0. The average molecular weight is 527 g/mol. The normalized spacial score (nSPS) is 17.3. The summed E-state index contributed by atoms with van der Waals surface area (Å²) in [5, 5.41) is 21.6. The molecular formula is C25H28F2N8O3. The predicted molar refractivity (Wildman–Crippen MR) is 131 cm³/mol.